The number of carboxylic acid groups (broad SMARTS) is 2. The summed E-state index contributed by atoms with van der Waals surface area (Å²) in [7, 11) is 1.80. The molecule has 0 amide bonds. The Bertz CT molecular complexity index is 681. The van der Waals surface area contributed by atoms with Gasteiger partial charge in [0, 0.05) is 19.7 Å². The number of benzene rings is 1. The van der Waals surface area contributed by atoms with E-state index in [1.807, 2.05) is 30.3 Å². The van der Waals surface area contributed by atoms with Gasteiger partial charge in [-0.25, -0.2) is 14.6 Å². The quantitative estimate of drug-likeness (QED) is 0.901. The molecule has 0 saturated heterocycles. The average Bonchev–Trinajstić information content (AvgIpc) is 2.81. The molecular weight excluding hydrogens is 317 g/mol. The summed E-state index contributed by atoms with van der Waals surface area (Å²) in [4.78, 5) is 23.7. The summed E-state index contributed by atoms with van der Waals surface area (Å²) in [5.41, 5.74) is 1.21. The number of carbonyl (C=O) groups is 2. The molecule has 2 N–H and O–H groups in total. The van der Waals surface area contributed by atoms with E-state index in [0.717, 1.165) is 11.4 Å². The Morgan fingerprint density at radius 2 is 1.70 bits per heavy atom. The van der Waals surface area contributed by atoms with Crippen LogP contribution in [0.3, 0.4) is 0 Å². The molecule has 23 heavy (non-hydrogen) atoms. The van der Waals surface area contributed by atoms with Crippen molar-refractivity contribution in [3.05, 3.63) is 53.6 Å². The van der Waals surface area contributed by atoms with Gasteiger partial charge in [0.15, 0.2) is 5.69 Å². The van der Waals surface area contributed by atoms with Gasteiger partial charge in [-0.15, -0.1) is 0 Å². The molecule has 1 aromatic heterocycles. The largest absolute Gasteiger partial charge is 0.490 e. The van der Waals surface area contributed by atoms with E-state index in [0.29, 0.717) is 6.42 Å². The van der Waals surface area contributed by atoms with Gasteiger partial charge in [0.2, 0.25) is 0 Å². The second-order valence-corrected chi connectivity index (χ2v) is 4.42. The molecule has 0 saturated carbocycles. The van der Waals surface area contributed by atoms with Gasteiger partial charge in [-0.1, -0.05) is 30.3 Å². The third kappa shape index (κ3) is 5.81. The van der Waals surface area contributed by atoms with Crippen LogP contribution < -0.4 is 0 Å². The lowest BCUT2D eigenvalue weighted by Gasteiger charge is -2.00. The van der Waals surface area contributed by atoms with Crippen LogP contribution in [-0.2, 0) is 18.3 Å². The maximum absolute atomic E-state index is 10.7. The van der Waals surface area contributed by atoms with Crippen LogP contribution >= 0.6 is 0 Å². The molecule has 0 aliphatic rings. The maximum atomic E-state index is 10.7. The zero-order valence-electron chi connectivity index (χ0n) is 11.9. The summed E-state index contributed by atoms with van der Waals surface area (Å²) >= 11 is 0. The van der Waals surface area contributed by atoms with Crippen molar-refractivity contribution in [2.24, 2.45) is 7.05 Å². The number of aliphatic carboxylic acids is 1. The maximum Gasteiger partial charge on any atom is 0.490 e. The zero-order chi connectivity index (χ0) is 17.6. The number of nitrogens with zero attached hydrogens (tertiary/aromatic N) is 2. The lowest BCUT2D eigenvalue weighted by atomic mass is 10.1. The predicted molar refractivity (Wildman–Crippen MR) is 73.1 cm³/mol. The topological polar surface area (TPSA) is 92.4 Å². The van der Waals surface area contributed by atoms with Gasteiger partial charge < -0.3 is 14.8 Å². The highest BCUT2D eigenvalue weighted by Gasteiger charge is 2.38. The minimum Gasteiger partial charge on any atom is -0.476 e. The molecule has 0 radical (unpaired) electrons. The van der Waals surface area contributed by atoms with Crippen LogP contribution in [0.25, 0.3) is 0 Å². The Hall–Kier alpha value is -2.84. The predicted octanol–water partition coefficient (Wildman–Crippen LogP) is 2.34. The standard InChI is InChI=1S/C12H12N2O2.C2HF3O2/c1-14-8-10(12(15)16)13-11(14)7-9-5-3-2-4-6-9;3-2(4,5)1(6)7/h2-6,8H,7H2,1H3,(H,15,16);(H,6,7). The van der Waals surface area contributed by atoms with E-state index in [2.05, 4.69) is 4.98 Å². The zero-order valence-corrected chi connectivity index (χ0v) is 11.9. The molecule has 6 nitrogen and oxygen atoms in total. The minimum absolute atomic E-state index is 0.0911. The van der Waals surface area contributed by atoms with Crippen LogP contribution in [0.1, 0.15) is 21.9 Å². The summed E-state index contributed by atoms with van der Waals surface area (Å²) in [5.74, 6) is -2.99. The Labute approximate surface area is 128 Å². The molecule has 0 fully saturated rings. The monoisotopic (exact) mass is 330 g/mol. The molecular formula is C14H13F3N2O4. The molecule has 0 bridgehead atoms. The van der Waals surface area contributed by atoms with Crippen LogP contribution in [0.15, 0.2) is 36.5 Å². The lowest BCUT2D eigenvalue weighted by molar-refractivity contribution is -0.192. The van der Waals surface area contributed by atoms with Gasteiger partial charge in [-0.3, -0.25) is 0 Å². The molecule has 2 rings (SSSR count). The van der Waals surface area contributed by atoms with Crippen molar-refractivity contribution < 1.29 is 33.0 Å². The number of alkyl halides is 3. The Kier molecular flexibility index (Phi) is 5.88. The fourth-order valence-corrected chi connectivity index (χ4v) is 1.55. The molecule has 0 atom stereocenters. The summed E-state index contributed by atoms with van der Waals surface area (Å²) in [6, 6.07) is 9.85. The van der Waals surface area contributed by atoms with Crippen LogP contribution in [0.2, 0.25) is 0 Å². The van der Waals surface area contributed by atoms with Gasteiger partial charge >= 0.3 is 18.1 Å². The molecule has 0 aliphatic heterocycles. The lowest BCUT2D eigenvalue weighted by Crippen LogP contribution is -2.21. The second kappa shape index (κ2) is 7.43. The van der Waals surface area contributed by atoms with E-state index >= 15 is 0 Å². The van der Waals surface area contributed by atoms with Crippen molar-refractivity contribution in [3.63, 3.8) is 0 Å². The summed E-state index contributed by atoms with van der Waals surface area (Å²) in [5, 5.41) is 15.9. The summed E-state index contributed by atoms with van der Waals surface area (Å²) in [6.07, 6.45) is -2.91. The molecule has 124 valence electrons. The van der Waals surface area contributed by atoms with Gasteiger partial charge in [-0.2, -0.15) is 13.2 Å². The van der Waals surface area contributed by atoms with E-state index in [1.165, 1.54) is 6.20 Å². The number of aromatic nitrogens is 2. The number of imidazole rings is 1. The molecule has 1 heterocycles. The first kappa shape index (κ1) is 18.2. The number of aromatic carboxylic acids is 1. The minimum atomic E-state index is -5.08. The van der Waals surface area contributed by atoms with Crippen LogP contribution in [0.5, 0.6) is 0 Å². The highest BCUT2D eigenvalue weighted by atomic mass is 19.4. The molecule has 2 aromatic rings. The first-order valence-corrected chi connectivity index (χ1v) is 6.21. The number of halogens is 3. The van der Waals surface area contributed by atoms with E-state index in [4.69, 9.17) is 15.0 Å². The Morgan fingerprint density at radius 1 is 1.17 bits per heavy atom. The highest BCUT2D eigenvalue weighted by Crippen LogP contribution is 2.13. The van der Waals surface area contributed by atoms with Crippen molar-refractivity contribution in [3.8, 4) is 0 Å². The number of carboxylic acids is 2. The normalized spacial score (nSPS) is 10.6. The fourth-order valence-electron chi connectivity index (χ4n) is 1.55. The molecule has 1 aromatic carbocycles. The van der Waals surface area contributed by atoms with Crippen LogP contribution in [-0.4, -0.2) is 37.9 Å². The SMILES string of the molecule is Cn1cc(C(=O)O)nc1Cc1ccccc1.O=C(O)C(F)(F)F. The smallest absolute Gasteiger partial charge is 0.476 e. The van der Waals surface area contributed by atoms with E-state index in [9.17, 15) is 18.0 Å². The molecule has 0 aliphatic carbocycles. The van der Waals surface area contributed by atoms with E-state index in [1.54, 1.807) is 11.6 Å². The Balaban J connectivity index is 0.000000322. The number of aryl methyl sites for hydroxylation is 1. The van der Waals surface area contributed by atoms with Crippen molar-refractivity contribution in [1.82, 2.24) is 9.55 Å². The van der Waals surface area contributed by atoms with Gasteiger partial charge in [0.05, 0.1) is 0 Å². The van der Waals surface area contributed by atoms with Crippen molar-refractivity contribution in [2.45, 2.75) is 12.6 Å². The van der Waals surface area contributed by atoms with Crippen LogP contribution in [0, 0.1) is 0 Å². The third-order valence-electron chi connectivity index (χ3n) is 2.64. The Morgan fingerprint density at radius 3 is 2.09 bits per heavy atom. The number of hydrogen-bond acceptors (Lipinski definition) is 3. The fraction of sp³-hybridized carbons (Fsp3) is 0.214. The number of rotatable bonds is 3. The first-order valence-electron chi connectivity index (χ1n) is 6.21. The molecule has 0 unspecified atom stereocenters. The van der Waals surface area contributed by atoms with Gasteiger partial charge in [0.1, 0.15) is 5.82 Å². The molecule has 0 spiro atoms. The van der Waals surface area contributed by atoms with Crippen molar-refractivity contribution >= 4 is 11.9 Å². The molecule has 9 heteroatoms. The van der Waals surface area contributed by atoms with Gasteiger partial charge in [0.25, 0.3) is 0 Å². The first-order chi connectivity index (χ1) is 10.6. The third-order valence-corrected chi connectivity index (χ3v) is 2.64. The average molecular weight is 330 g/mol. The van der Waals surface area contributed by atoms with Crippen LogP contribution in [0.4, 0.5) is 13.2 Å². The second-order valence-electron chi connectivity index (χ2n) is 4.42. The van der Waals surface area contributed by atoms with Gasteiger partial charge in [-0.05, 0) is 5.56 Å². The van der Waals surface area contributed by atoms with E-state index < -0.39 is 18.1 Å². The van der Waals surface area contributed by atoms with E-state index in [-0.39, 0.29) is 5.69 Å². The van der Waals surface area contributed by atoms with Crippen molar-refractivity contribution in [2.75, 3.05) is 0 Å². The summed E-state index contributed by atoms with van der Waals surface area (Å²) in [6.45, 7) is 0. The highest BCUT2D eigenvalue weighted by molar-refractivity contribution is 5.85. The number of hydrogen-bond donors (Lipinski definition) is 2. The van der Waals surface area contributed by atoms with Crippen molar-refractivity contribution in [1.29, 1.82) is 0 Å². The summed E-state index contributed by atoms with van der Waals surface area (Å²) < 4.78 is 33.5.